The Labute approximate surface area is 110 Å². The van der Waals surface area contributed by atoms with Gasteiger partial charge in [-0.15, -0.1) is 0 Å². The summed E-state index contributed by atoms with van der Waals surface area (Å²) in [6, 6.07) is 14.1. The average molecular weight is 292 g/mol. The Bertz CT molecular complexity index is 525. The summed E-state index contributed by atoms with van der Waals surface area (Å²) in [5.74, 6) is 0. The molecule has 0 atom stereocenters. The van der Waals surface area contributed by atoms with Gasteiger partial charge in [0.25, 0.3) is 0 Å². The predicted octanol–water partition coefficient (Wildman–Crippen LogP) is 3.84. The summed E-state index contributed by atoms with van der Waals surface area (Å²) >= 11 is 3.55. The Hall–Kier alpha value is -1.32. The summed E-state index contributed by atoms with van der Waals surface area (Å²) < 4.78 is 6.18. The molecule has 0 saturated heterocycles. The number of methoxy groups -OCH3 is 1. The van der Waals surface area contributed by atoms with Crippen LogP contribution < -0.4 is 5.73 Å². The maximum atomic E-state index is 5.78. The van der Waals surface area contributed by atoms with Crippen molar-refractivity contribution < 1.29 is 4.74 Å². The highest BCUT2D eigenvalue weighted by Gasteiger charge is 2.03. The maximum absolute atomic E-state index is 5.78. The molecule has 17 heavy (non-hydrogen) atoms. The molecule has 2 rings (SSSR count). The second-order valence-corrected chi connectivity index (χ2v) is 4.72. The van der Waals surface area contributed by atoms with Crippen molar-refractivity contribution in [2.45, 2.75) is 6.61 Å². The highest BCUT2D eigenvalue weighted by molar-refractivity contribution is 9.10. The first-order valence-corrected chi connectivity index (χ1v) is 6.13. The molecule has 0 heterocycles. The fraction of sp³-hybridized carbons (Fsp3) is 0.143. The van der Waals surface area contributed by atoms with Gasteiger partial charge in [0.15, 0.2) is 0 Å². The van der Waals surface area contributed by atoms with Crippen molar-refractivity contribution in [1.82, 2.24) is 0 Å². The Morgan fingerprint density at radius 3 is 2.53 bits per heavy atom. The lowest BCUT2D eigenvalue weighted by atomic mass is 10.0. The van der Waals surface area contributed by atoms with Crippen molar-refractivity contribution >= 4 is 21.6 Å². The van der Waals surface area contributed by atoms with E-state index in [-0.39, 0.29) is 0 Å². The van der Waals surface area contributed by atoms with Gasteiger partial charge in [0.1, 0.15) is 0 Å². The molecule has 0 bridgehead atoms. The molecule has 0 spiro atoms. The second kappa shape index (κ2) is 5.34. The van der Waals surface area contributed by atoms with Gasteiger partial charge in [-0.3, -0.25) is 0 Å². The van der Waals surface area contributed by atoms with Crippen LogP contribution in [0, 0.1) is 0 Å². The SMILES string of the molecule is COCc1ccc(-c2cccc(N)c2)cc1Br. The van der Waals surface area contributed by atoms with Crippen LogP contribution in [0.25, 0.3) is 11.1 Å². The maximum Gasteiger partial charge on any atom is 0.0724 e. The van der Waals surface area contributed by atoms with Gasteiger partial charge in [0.05, 0.1) is 6.61 Å². The van der Waals surface area contributed by atoms with Gasteiger partial charge in [0.2, 0.25) is 0 Å². The summed E-state index contributed by atoms with van der Waals surface area (Å²) in [6.07, 6.45) is 0. The first-order valence-electron chi connectivity index (χ1n) is 5.34. The lowest BCUT2D eigenvalue weighted by Crippen LogP contribution is -1.90. The number of anilines is 1. The lowest BCUT2D eigenvalue weighted by Gasteiger charge is -2.07. The number of ether oxygens (including phenoxy) is 1. The molecule has 88 valence electrons. The molecule has 0 fully saturated rings. The molecule has 0 unspecified atom stereocenters. The first kappa shape index (κ1) is 12.1. The lowest BCUT2D eigenvalue weighted by molar-refractivity contribution is 0.184. The molecular formula is C14H14BrNO. The third kappa shape index (κ3) is 2.87. The minimum atomic E-state index is 0.609. The fourth-order valence-electron chi connectivity index (χ4n) is 1.72. The molecule has 0 aliphatic rings. The molecule has 0 saturated carbocycles. The predicted molar refractivity (Wildman–Crippen MR) is 74.7 cm³/mol. The van der Waals surface area contributed by atoms with Crippen LogP contribution in [0.5, 0.6) is 0 Å². The van der Waals surface area contributed by atoms with Crippen molar-refractivity contribution in [3.05, 3.63) is 52.5 Å². The fourth-order valence-corrected chi connectivity index (χ4v) is 2.21. The topological polar surface area (TPSA) is 35.2 Å². The number of hydrogen-bond donors (Lipinski definition) is 1. The van der Waals surface area contributed by atoms with E-state index in [2.05, 4.69) is 34.1 Å². The van der Waals surface area contributed by atoms with Gasteiger partial charge in [0, 0.05) is 17.3 Å². The van der Waals surface area contributed by atoms with E-state index in [4.69, 9.17) is 10.5 Å². The summed E-state index contributed by atoms with van der Waals surface area (Å²) in [5.41, 5.74) is 9.96. The molecule has 3 heteroatoms. The average Bonchev–Trinajstić information content (AvgIpc) is 2.32. The number of nitrogens with two attached hydrogens (primary N) is 1. The Kier molecular flexibility index (Phi) is 3.82. The van der Waals surface area contributed by atoms with Crippen LogP contribution in [0.2, 0.25) is 0 Å². The van der Waals surface area contributed by atoms with Gasteiger partial charge in [-0.2, -0.15) is 0 Å². The van der Waals surface area contributed by atoms with Crippen LogP contribution in [0.4, 0.5) is 5.69 Å². The number of benzene rings is 2. The molecule has 2 aromatic carbocycles. The van der Waals surface area contributed by atoms with E-state index < -0.39 is 0 Å². The smallest absolute Gasteiger partial charge is 0.0724 e. The van der Waals surface area contributed by atoms with Crippen LogP contribution in [0.3, 0.4) is 0 Å². The van der Waals surface area contributed by atoms with Crippen LogP contribution >= 0.6 is 15.9 Å². The molecule has 0 radical (unpaired) electrons. The Morgan fingerprint density at radius 1 is 1.12 bits per heavy atom. The van der Waals surface area contributed by atoms with E-state index in [0.29, 0.717) is 6.61 Å². The van der Waals surface area contributed by atoms with Gasteiger partial charge >= 0.3 is 0 Å². The quantitative estimate of drug-likeness (QED) is 0.872. The molecule has 0 amide bonds. The molecule has 0 aliphatic carbocycles. The molecule has 2 N–H and O–H groups in total. The molecule has 0 aromatic heterocycles. The largest absolute Gasteiger partial charge is 0.399 e. The van der Waals surface area contributed by atoms with E-state index in [0.717, 1.165) is 26.9 Å². The zero-order valence-electron chi connectivity index (χ0n) is 9.61. The van der Waals surface area contributed by atoms with Gasteiger partial charge in [-0.25, -0.2) is 0 Å². The van der Waals surface area contributed by atoms with Crippen LogP contribution in [0.15, 0.2) is 46.9 Å². The van der Waals surface area contributed by atoms with Crippen molar-refractivity contribution in [1.29, 1.82) is 0 Å². The molecular weight excluding hydrogens is 278 g/mol. The van der Waals surface area contributed by atoms with Crippen molar-refractivity contribution in [2.24, 2.45) is 0 Å². The zero-order valence-corrected chi connectivity index (χ0v) is 11.2. The molecule has 2 aromatic rings. The highest BCUT2D eigenvalue weighted by atomic mass is 79.9. The summed E-state index contributed by atoms with van der Waals surface area (Å²) in [7, 11) is 1.69. The van der Waals surface area contributed by atoms with Gasteiger partial charge in [-0.05, 0) is 34.9 Å². The van der Waals surface area contributed by atoms with Crippen molar-refractivity contribution in [3.8, 4) is 11.1 Å². The van der Waals surface area contributed by atoms with Crippen LogP contribution in [0.1, 0.15) is 5.56 Å². The van der Waals surface area contributed by atoms with Crippen molar-refractivity contribution in [2.75, 3.05) is 12.8 Å². The normalized spacial score (nSPS) is 10.5. The number of nitrogen functional groups attached to an aromatic ring is 1. The van der Waals surface area contributed by atoms with Gasteiger partial charge < -0.3 is 10.5 Å². The summed E-state index contributed by atoms with van der Waals surface area (Å²) in [6.45, 7) is 0.609. The van der Waals surface area contributed by atoms with E-state index in [1.165, 1.54) is 0 Å². The number of rotatable bonds is 3. The molecule has 2 nitrogen and oxygen atoms in total. The summed E-state index contributed by atoms with van der Waals surface area (Å²) in [5, 5.41) is 0. The minimum Gasteiger partial charge on any atom is -0.399 e. The summed E-state index contributed by atoms with van der Waals surface area (Å²) in [4.78, 5) is 0. The van der Waals surface area contributed by atoms with E-state index in [9.17, 15) is 0 Å². The first-order chi connectivity index (χ1) is 8.20. The van der Waals surface area contributed by atoms with Crippen LogP contribution in [-0.4, -0.2) is 7.11 Å². The standard InChI is InChI=1S/C14H14BrNO/c1-17-9-12-6-5-11(8-14(12)15)10-3-2-4-13(16)7-10/h2-8H,9,16H2,1H3. The highest BCUT2D eigenvalue weighted by Crippen LogP contribution is 2.27. The molecule has 0 aliphatic heterocycles. The van der Waals surface area contributed by atoms with E-state index >= 15 is 0 Å². The number of halogens is 1. The van der Waals surface area contributed by atoms with E-state index in [1.807, 2.05) is 24.3 Å². The third-order valence-electron chi connectivity index (χ3n) is 2.57. The van der Waals surface area contributed by atoms with Crippen LogP contribution in [-0.2, 0) is 11.3 Å². The number of hydrogen-bond acceptors (Lipinski definition) is 2. The van der Waals surface area contributed by atoms with Crippen molar-refractivity contribution in [3.63, 3.8) is 0 Å². The Balaban J connectivity index is 2.37. The van der Waals surface area contributed by atoms with Gasteiger partial charge in [-0.1, -0.05) is 40.2 Å². The zero-order chi connectivity index (χ0) is 12.3. The minimum absolute atomic E-state index is 0.609. The second-order valence-electron chi connectivity index (χ2n) is 3.86. The third-order valence-corrected chi connectivity index (χ3v) is 3.31. The Morgan fingerprint density at radius 2 is 1.88 bits per heavy atom. The monoisotopic (exact) mass is 291 g/mol. The van der Waals surface area contributed by atoms with E-state index in [1.54, 1.807) is 7.11 Å².